The van der Waals surface area contributed by atoms with Crippen molar-refractivity contribution in [3.8, 4) is 0 Å². The predicted molar refractivity (Wildman–Crippen MR) is 85.0 cm³/mol. The number of nitro benzene ring substituents is 1. The Labute approximate surface area is 135 Å². The van der Waals surface area contributed by atoms with E-state index in [-0.39, 0.29) is 35.5 Å². The maximum atomic E-state index is 12.3. The number of nitrogens with one attached hydrogen (secondary N) is 2. The molecule has 9 nitrogen and oxygen atoms in total. The Morgan fingerprint density at radius 1 is 1.38 bits per heavy atom. The fourth-order valence-corrected chi connectivity index (χ4v) is 2.28. The second kappa shape index (κ2) is 6.90. The summed E-state index contributed by atoms with van der Waals surface area (Å²) in [5, 5.41) is 22.4. The Balaban J connectivity index is 2.34. The minimum absolute atomic E-state index is 0.0000231. The molecule has 0 saturated carbocycles. The highest BCUT2D eigenvalue weighted by atomic mass is 16.6. The van der Waals surface area contributed by atoms with Crippen molar-refractivity contribution in [1.29, 1.82) is 0 Å². The van der Waals surface area contributed by atoms with Crippen LogP contribution in [0.25, 0.3) is 10.9 Å². The Morgan fingerprint density at radius 2 is 2.08 bits per heavy atom. The largest absolute Gasteiger partial charge is 0.481 e. The van der Waals surface area contributed by atoms with E-state index in [0.717, 1.165) is 6.07 Å². The van der Waals surface area contributed by atoms with E-state index in [9.17, 15) is 24.5 Å². The Morgan fingerprint density at radius 3 is 2.71 bits per heavy atom. The van der Waals surface area contributed by atoms with E-state index in [1.807, 2.05) is 0 Å². The highest BCUT2D eigenvalue weighted by Crippen LogP contribution is 2.21. The molecule has 2 aromatic rings. The average Bonchev–Trinajstić information content (AvgIpc) is 2.50. The first-order valence-electron chi connectivity index (χ1n) is 7.09. The van der Waals surface area contributed by atoms with Crippen molar-refractivity contribution < 1.29 is 19.6 Å². The molecule has 0 fully saturated rings. The number of nitro groups is 1. The van der Waals surface area contributed by atoms with Crippen LogP contribution >= 0.6 is 0 Å². The molecule has 0 radical (unpaired) electrons. The van der Waals surface area contributed by atoms with E-state index in [2.05, 4.69) is 10.3 Å². The molecule has 0 bridgehead atoms. The number of hydrogen-bond donors (Lipinski definition) is 3. The molecule has 126 valence electrons. The summed E-state index contributed by atoms with van der Waals surface area (Å²) < 4.78 is 0. The molecule has 2 rings (SSSR count). The molecule has 1 aromatic heterocycles. The number of hydrogen-bond acceptors (Lipinski definition) is 5. The lowest BCUT2D eigenvalue weighted by molar-refractivity contribution is -0.384. The number of aromatic amines is 1. The summed E-state index contributed by atoms with van der Waals surface area (Å²) >= 11 is 0. The number of fused-ring (bicyclic) bond motifs is 1. The number of benzene rings is 1. The van der Waals surface area contributed by atoms with Gasteiger partial charge in [-0.3, -0.25) is 24.5 Å². The molecule has 0 saturated heterocycles. The smallest absolute Gasteiger partial charge is 0.303 e. The third-order valence-electron chi connectivity index (χ3n) is 3.42. The summed E-state index contributed by atoms with van der Waals surface area (Å²) in [6.07, 6.45) is -0.109. The highest BCUT2D eigenvalue weighted by Gasteiger charge is 2.16. The van der Waals surface area contributed by atoms with Gasteiger partial charge in [-0.05, 0) is 12.0 Å². The second-order valence-electron chi connectivity index (χ2n) is 5.45. The van der Waals surface area contributed by atoms with E-state index in [1.54, 1.807) is 6.92 Å². The number of carboxylic acid groups (broad SMARTS) is 1. The van der Waals surface area contributed by atoms with Gasteiger partial charge in [-0.2, -0.15) is 0 Å². The monoisotopic (exact) mass is 333 g/mol. The van der Waals surface area contributed by atoms with Crippen LogP contribution in [-0.2, 0) is 4.79 Å². The van der Waals surface area contributed by atoms with Crippen LogP contribution in [0.2, 0.25) is 0 Å². The molecule has 0 aliphatic heterocycles. The number of non-ortho nitro benzene ring substituents is 1. The Hall–Kier alpha value is -3.23. The first kappa shape index (κ1) is 17.1. The van der Waals surface area contributed by atoms with Crippen molar-refractivity contribution in [2.45, 2.75) is 13.3 Å². The van der Waals surface area contributed by atoms with Gasteiger partial charge in [0.2, 0.25) is 5.56 Å². The minimum Gasteiger partial charge on any atom is -0.481 e. The van der Waals surface area contributed by atoms with Crippen molar-refractivity contribution >= 4 is 28.5 Å². The van der Waals surface area contributed by atoms with Gasteiger partial charge in [0, 0.05) is 42.1 Å². The molecule has 1 aromatic carbocycles. The van der Waals surface area contributed by atoms with Gasteiger partial charge in [-0.15, -0.1) is 0 Å². The van der Waals surface area contributed by atoms with Gasteiger partial charge in [0.1, 0.15) is 0 Å². The Bertz CT molecular complexity index is 873. The lowest BCUT2D eigenvalue weighted by Gasteiger charge is -2.11. The highest BCUT2D eigenvalue weighted by molar-refractivity contribution is 6.06. The number of aliphatic carboxylic acids is 1. The standard InChI is InChI=1S/C15H15N3O6/c1-8(4-14(20)21)7-16-15(22)11-6-13(19)17-12-3-2-9(18(23)24)5-10(11)12/h2-3,5-6,8H,4,7H2,1H3,(H,16,22)(H,17,19)(H,20,21). The van der Waals surface area contributed by atoms with Crippen LogP contribution < -0.4 is 10.9 Å². The van der Waals surface area contributed by atoms with E-state index in [4.69, 9.17) is 5.11 Å². The molecule has 9 heteroatoms. The van der Waals surface area contributed by atoms with Gasteiger partial charge in [-0.25, -0.2) is 0 Å². The summed E-state index contributed by atoms with van der Waals surface area (Å²) in [5.74, 6) is -1.87. The van der Waals surface area contributed by atoms with E-state index < -0.39 is 22.4 Å². The fraction of sp³-hybridized carbons (Fsp3) is 0.267. The molecular formula is C15H15N3O6. The van der Waals surface area contributed by atoms with Crippen LogP contribution in [0.4, 0.5) is 5.69 Å². The first-order chi connectivity index (χ1) is 11.3. The summed E-state index contributed by atoms with van der Waals surface area (Å²) in [5.41, 5.74) is -0.417. The van der Waals surface area contributed by atoms with Crippen molar-refractivity contribution in [3.05, 3.63) is 50.3 Å². The molecule has 24 heavy (non-hydrogen) atoms. The van der Waals surface area contributed by atoms with Gasteiger partial charge in [0.15, 0.2) is 0 Å². The van der Waals surface area contributed by atoms with Crippen molar-refractivity contribution in [2.24, 2.45) is 5.92 Å². The second-order valence-corrected chi connectivity index (χ2v) is 5.45. The quantitative estimate of drug-likeness (QED) is 0.537. The van der Waals surface area contributed by atoms with Gasteiger partial charge in [0.25, 0.3) is 11.6 Å². The molecule has 1 amide bonds. The van der Waals surface area contributed by atoms with Crippen molar-refractivity contribution in [1.82, 2.24) is 10.3 Å². The van der Waals surface area contributed by atoms with Gasteiger partial charge < -0.3 is 15.4 Å². The molecule has 1 atom stereocenters. The molecule has 0 aliphatic rings. The van der Waals surface area contributed by atoms with Crippen LogP contribution in [0.5, 0.6) is 0 Å². The van der Waals surface area contributed by atoms with Crippen molar-refractivity contribution in [2.75, 3.05) is 6.54 Å². The lowest BCUT2D eigenvalue weighted by Crippen LogP contribution is -2.30. The third-order valence-corrected chi connectivity index (χ3v) is 3.42. The number of carbonyl (C=O) groups is 2. The number of rotatable bonds is 6. The normalized spacial score (nSPS) is 11.9. The summed E-state index contributed by atoms with van der Waals surface area (Å²) in [6.45, 7) is 1.77. The maximum Gasteiger partial charge on any atom is 0.303 e. The van der Waals surface area contributed by atoms with E-state index in [1.165, 1.54) is 18.2 Å². The maximum absolute atomic E-state index is 12.3. The number of H-pyrrole nitrogens is 1. The molecule has 3 N–H and O–H groups in total. The number of pyridine rings is 1. The minimum atomic E-state index is -0.978. The first-order valence-corrected chi connectivity index (χ1v) is 7.09. The van der Waals surface area contributed by atoms with Crippen LogP contribution in [0.3, 0.4) is 0 Å². The van der Waals surface area contributed by atoms with Crippen LogP contribution in [0.1, 0.15) is 23.7 Å². The van der Waals surface area contributed by atoms with Crippen LogP contribution in [-0.4, -0.2) is 33.4 Å². The van der Waals surface area contributed by atoms with Gasteiger partial charge >= 0.3 is 5.97 Å². The number of carboxylic acids is 1. The summed E-state index contributed by atoms with van der Waals surface area (Å²) in [7, 11) is 0. The molecular weight excluding hydrogens is 318 g/mol. The zero-order chi connectivity index (χ0) is 17.9. The molecule has 1 heterocycles. The third kappa shape index (κ3) is 3.94. The predicted octanol–water partition coefficient (Wildman–Crippen LogP) is 1.28. The SMILES string of the molecule is CC(CNC(=O)c1cc(=O)[nH]c2ccc([N+](=O)[O-])cc12)CC(=O)O. The van der Waals surface area contributed by atoms with Crippen molar-refractivity contribution in [3.63, 3.8) is 0 Å². The topological polar surface area (TPSA) is 142 Å². The lowest BCUT2D eigenvalue weighted by atomic mass is 10.1. The number of nitrogens with zero attached hydrogens (tertiary/aromatic N) is 1. The number of aromatic nitrogens is 1. The molecule has 1 unspecified atom stereocenters. The van der Waals surface area contributed by atoms with E-state index in [0.29, 0.717) is 5.52 Å². The van der Waals surface area contributed by atoms with E-state index >= 15 is 0 Å². The zero-order valence-electron chi connectivity index (χ0n) is 12.7. The fourth-order valence-electron chi connectivity index (χ4n) is 2.28. The average molecular weight is 333 g/mol. The Kier molecular flexibility index (Phi) is 4.93. The number of carbonyl (C=O) groups excluding carboxylic acids is 1. The summed E-state index contributed by atoms with van der Waals surface area (Å²) in [4.78, 5) is 47.4. The van der Waals surface area contributed by atoms with Crippen LogP contribution in [0, 0.1) is 16.0 Å². The van der Waals surface area contributed by atoms with Gasteiger partial charge in [0.05, 0.1) is 10.5 Å². The zero-order valence-corrected chi connectivity index (χ0v) is 12.7. The molecule has 0 spiro atoms. The van der Waals surface area contributed by atoms with Crippen LogP contribution in [0.15, 0.2) is 29.1 Å². The summed E-state index contributed by atoms with van der Waals surface area (Å²) in [6, 6.07) is 4.86. The van der Waals surface area contributed by atoms with Gasteiger partial charge in [-0.1, -0.05) is 6.92 Å². The number of amides is 1. The molecule has 0 aliphatic carbocycles.